The van der Waals surface area contributed by atoms with Crippen molar-refractivity contribution in [2.75, 3.05) is 6.61 Å². The fraction of sp³-hybridized carbons (Fsp3) is 0.643. The molecule has 0 spiro atoms. The molecule has 0 unspecified atom stereocenters. The monoisotopic (exact) mass is 532 g/mol. The smallest absolute Gasteiger partial charge is 0.298 e. The average molecular weight is 533 g/mol. The van der Waals surface area contributed by atoms with Crippen molar-refractivity contribution in [2.24, 2.45) is 28.6 Å². The van der Waals surface area contributed by atoms with Crippen LogP contribution in [0.4, 0.5) is 0 Å². The first-order valence-corrected chi connectivity index (χ1v) is 13.0. The molecule has 0 heterocycles. The van der Waals surface area contributed by atoms with Gasteiger partial charge in [-0.25, -0.2) is 14.4 Å². The van der Waals surface area contributed by atoms with Crippen LogP contribution in [0.2, 0.25) is 0 Å². The van der Waals surface area contributed by atoms with E-state index in [9.17, 15) is 19.2 Å². The van der Waals surface area contributed by atoms with E-state index < -0.39 is 41.3 Å². The van der Waals surface area contributed by atoms with Crippen LogP contribution in [-0.2, 0) is 48.5 Å². The van der Waals surface area contributed by atoms with Crippen molar-refractivity contribution in [1.82, 2.24) is 0 Å². The van der Waals surface area contributed by atoms with Crippen LogP contribution in [0.3, 0.4) is 0 Å². The van der Waals surface area contributed by atoms with E-state index in [4.69, 9.17) is 24.4 Å². The van der Waals surface area contributed by atoms with Gasteiger partial charge in [-0.3, -0.25) is 24.3 Å². The molecule has 10 heteroatoms. The Morgan fingerprint density at radius 3 is 2.21 bits per heavy atom. The molecule has 10 nitrogen and oxygen atoms in total. The summed E-state index contributed by atoms with van der Waals surface area (Å²) in [6.07, 6.45) is 9.38. The quantitative estimate of drug-likeness (QED) is 0.328. The lowest BCUT2D eigenvalue weighted by atomic mass is 9.47. The SMILES string of the molecule is CC(=O)OOCC(=O)[C@@]1(OOC(C)=O)CC[C@H]2[C@@H]3CC=C4C=C(OOC(C)=O)C=C(C)[C@]4(C)[C@H]3CC[C@@]21C. The Kier molecular flexibility index (Phi) is 7.60. The first-order chi connectivity index (χ1) is 17.8. The minimum Gasteiger partial charge on any atom is -0.298 e. The number of ketones is 1. The van der Waals surface area contributed by atoms with E-state index in [1.54, 1.807) is 0 Å². The average Bonchev–Trinajstić information content (AvgIpc) is 3.15. The lowest BCUT2D eigenvalue weighted by Gasteiger charge is -2.58. The maximum Gasteiger partial charge on any atom is 0.352 e. The number of Topliss-reactive ketones (excluding diaryl/α,β-unsaturated/α-hetero) is 1. The zero-order chi connectivity index (χ0) is 27.9. The Bertz CT molecular complexity index is 1120. The van der Waals surface area contributed by atoms with Gasteiger partial charge in [-0.1, -0.05) is 25.5 Å². The van der Waals surface area contributed by atoms with Crippen LogP contribution in [0.25, 0.3) is 0 Å². The van der Waals surface area contributed by atoms with E-state index >= 15 is 0 Å². The lowest BCUT2D eigenvalue weighted by molar-refractivity contribution is -0.348. The lowest BCUT2D eigenvalue weighted by Crippen LogP contribution is -2.59. The van der Waals surface area contributed by atoms with Crippen molar-refractivity contribution in [3.63, 3.8) is 0 Å². The van der Waals surface area contributed by atoms with E-state index in [2.05, 4.69) is 24.8 Å². The van der Waals surface area contributed by atoms with Gasteiger partial charge in [0.25, 0.3) is 0 Å². The summed E-state index contributed by atoms with van der Waals surface area (Å²) in [4.78, 5) is 77.7. The molecule has 0 aromatic carbocycles. The van der Waals surface area contributed by atoms with E-state index in [-0.39, 0.29) is 17.3 Å². The molecule has 0 amide bonds. The highest BCUT2D eigenvalue weighted by Gasteiger charge is 2.68. The molecule has 0 bridgehead atoms. The summed E-state index contributed by atoms with van der Waals surface area (Å²) in [5.41, 5.74) is -0.0680. The fourth-order valence-electron chi connectivity index (χ4n) is 7.52. The topological polar surface area (TPSA) is 124 Å². The predicted octanol–water partition coefficient (Wildman–Crippen LogP) is 4.40. The van der Waals surface area contributed by atoms with Crippen LogP contribution in [0.1, 0.15) is 73.6 Å². The molecule has 2 saturated carbocycles. The summed E-state index contributed by atoms with van der Waals surface area (Å²) in [5.74, 6) is -1.14. The van der Waals surface area contributed by atoms with Crippen molar-refractivity contribution in [3.05, 3.63) is 35.1 Å². The Labute approximate surface area is 222 Å². The van der Waals surface area contributed by atoms with Crippen LogP contribution in [-0.4, -0.2) is 35.9 Å². The third-order valence-corrected chi connectivity index (χ3v) is 9.36. The summed E-state index contributed by atoms with van der Waals surface area (Å²) in [5, 5.41) is 0. The summed E-state index contributed by atoms with van der Waals surface area (Å²) in [6, 6.07) is 0. The highest BCUT2D eigenvalue weighted by molar-refractivity contribution is 5.90. The number of hydrogen-bond donors (Lipinski definition) is 0. The molecule has 4 aliphatic rings. The van der Waals surface area contributed by atoms with Gasteiger partial charge >= 0.3 is 17.9 Å². The van der Waals surface area contributed by atoms with Crippen LogP contribution >= 0.6 is 0 Å². The molecule has 4 rings (SSSR count). The van der Waals surface area contributed by atoms with Gasteiger partial charge in [-0.2, -0.15) is 9.78 Å². The Morgan fingerprint density at radius 2 is 1.55 bits per heavy atom. The molecule has 0 aliphatic heterocycles. The van der Waals surface area contributed by atoms with Gasteiger partial charge in [0.1, 0.15) is 0 Å². The molecular weight excluding hydrogens is 496 g/mol. The maximum atomic E-state index is 13.6. The first-order valence-electron chi connectivity index (χ1n) is 13.0. The van der Waals surface area contributed by atoms with Crippen molar-refractivity contribution in [1.29, 1.82) is 0 Å². The van der Waals surface area contributed by atoms with Crippen molar-refractivity contribution in [3.8, 4) is 0 Å². The van der Waals surface area contributed by atoms with E-state index in [1.165, 1.54) is 20.8 Å². The molecule has 2 fully saturated rings. The molecule has 4 aliphatic carbocycles. The minimum absolute atomic E-state index is 0.111. The summed E-state index contributed by atoms with van der Waals surface area (Å²) in [6.45, 7) is 9.51. The second kappa shape index (κ2) is 10.3. The number of carbonyl (C=O) groups is 4. The number of fused-ring (bicyclic) bond motifs is 5. The molecule has 0 saturated heterocycles. The van der Waals surface area contributed by atoms with Crippen LogP contribution < -0.4 is 0 Å². The molecule has 208 valence electrons. The van der Waals surface area contributed by atoms with Gasteiger partial charge in [-0.15, -0.1) is 0 Å². The van der Waals surface area contributed by atoms with E-state index in [0.717, 1.165) is 24.0 Å². The zero-order valence-corrected chi connectivity index (χ0v) is 22.8. The molecule has 38 heavy (non-hydrogen) atoms. The molecule has 0 radical (unpaired) electrons. The van der Waals surface area contributed by atoms with Gasteiger partial charge in [-0.05, 0) is 74.5 Å². The maximum absolute atomic E-state index is 13.6. The molecule has 0 aromatic heterocycles. The van der Waals surface area contributed by atoms with Gasteiger partial charge < -0.3 is 0 Å². The first kappa shape index (κ1) is 28.0. The molecule has 6 atom stereocenters. The van der Waals surface area contributed by atoms with Gasteiger partial charge in [0.05, 0.1) is 0 Å². The second-order valence-corrected chi connectivity index (χ2v) is 11.2. The van der Waals surface area contributed by atoms with Crippen molar-refractivity contribution >= 4 is 23.7 Å². The van der Waals surface area contributed by atoms with E-state index in [1.807, 2.05) is 19.1 Å². The number of rotatable bonds is 8. The normalized spacial score (nSPS) is 35.3. The Morgan fingerprint density at radius 1 is 0.895 bits per heavy atom. The largest absolute Gasteiger partial charge is 0.352 e. The Hall–Kier alpha value is -2.98. The van der Waals surface area contributed by atoms with Gasteiger partial charge in [0.2, 0.25) is 0 Å². The third kappa shape index (κ3) is 4.58. The van der Waals surface area contributed by atoms with Gasteiger partial charge in [0.15, 0.2) is 23.8 Å². The minimum atomic E-state index is -1.41. The Balaban J connectivity index is 1.63. The fourth-order valence-corrected chi connectivity index (χ4v) is 7.52. The summed E-state index contributed by atoms with van der Waals surface area (Å²) in [7, 11) is 0. The molecular formula is C28H36O10. The van der Waals surface area contributed by atoms with Gasteiger partial charge in [0, 0.05) is 31.6 Å². The number of allylic oxidation sites excluding steroid dienone is 5. The highest BCUT2D eigenvalue weighted by atomic mass is 17.2. The van der Waals surface area contributed by atoms with Crippen LogP contribution in [0.5, 0.6) is 0 Å². The molecule has 0 aromatic rings. The van der Waals surface area contributed by atoms with Crippen LogP contribution in [0.15, 0.2) is 35.1 Å². The summed E-state index contributed by atoms with van der Waals surface area (Å²) < 4.78 is 0. The summed E-state index contributed by atoms with van der Waals surface area (Å²) >= 11 is 0. The predicted molar refractivity (Wildman–Crippen MR) is 131 cm³/mol. The highest BCUT2D eigenvalue weighted by Crippen LogP contribution is 2.68. The second-order valence-electron chi connectivity index (χ2n) is 11.2. The number of hydrogen-bond acceptors (Lipinski definition) is 10. The number of carbonyl (C=O) groups excluding carboxylic acids is 4. The van der Waals surface area contributed by atoms with Crippen LogP contribution in [0, 0.1) is 28.6 Å². The van der Waals surface area contributed by atoms with Crippen molar-refractivity contribution in [2.45, 2.75) is 79.2 Å². The zero-order valence-electron chi connectivity index (χ0n) is 22.8. The third-order valence-electron chi connectivity index (χ3n) is 9.36. The van der Waals surface area contributed by atoms with E-state index in [0.29, 0.717) is 30.9 Å². The van der Waals surface area contributed by atoms with Crippen molar-refractivity contribution < 1.29 is 48.5 Å². The molecule has 0 N–H and O–H groups in total. The standard InChI is InChI=1S/C28H36O10/c1-16-13-21(37-35-18(3)30)14-20-7-8-22-23-10-12-28(38-36-19(4)31,25(32)15-33-34-17(2)29)26(23,5)11-9-24(22)27(16,20)6/h7,13-14,22-24H,8-12,15H2,1-6H3/t22-,23-,24-,26-,27-,28-/m0/s1.